The van der Waals surface area contributed by atoms with E-state index < -0.39 is 0 Å². The largest absolute Gasteiger partial charge is 0.347 e. The Hall–Kier alpha value is -2.56. The number of carbonyl (C=O) groups is 2. The van der Waals surface area contributed by atoms with Crippen molar-refractivity contribution in [1.29, 1.82) is 0 Å². The van der Waals surface area contributed by atoms with Gasteiger partial charge in [0.1, 0.15) is 5.69 Å². The van der Waals surface area contributed by atoms with Crippen LogP contribution in [0.5, 0.6) is 0 Å². The topological polar surface area (TPSA) is 54.3 Å². The van der Waals surface area contributed by atoms with Crippen LogP contribution in [0.2, 0.25) is 0 Å². The summed E-state index contributed by atoms with van der Waals surface area (Å²) in [5, 5.41) is 2.95. The van der Waals surface area contributed by atoms with E-state index in [2.05, 4.69) is 5.32 Å². The number of hydrogen-bond donors (Lipinski definition) is 1. The minimum absolute atomic E-state index is 0.0843. The van der Waals surface area contributed by atoms with Gasteiger partial charge in [-0.1, -0.05) is 30.3 Å². The first kappa shape index (κ1) is 14.4. The summed E-state index contributed by atoms with van der Waals surface area (Å²) in [5.74, 6) is -0.0482. The lowest BCUT2D eigenvalue weighted by Gasteiger charge is -2.17. The predicted octanol–water partition coefficient (Wildman–Crippen LogP) is 1.56. The Balaban J connectivity index is 1.60. The molecule has 22 heavy (non-hydrogen) atoms. The van der Waals surface area contributed by atoms with Gasteiger partial charge in [-0.15, -0.1) is 0 Å². The normalized spacial score (nSPS) is 17.8. The average Bonchev–Trinajstić information content (AvgIpc) is 3.07. The average molecular weight is 297 g/mol. The molecule has 1 aliphatic heterocycles. The van der Waals surface area contributed by atoms with Crippen LogP contribution < -0.4 is 5.32 Å². The van der Waals surface area contributed by atoms with Crippen molar-refractivity contribution in [2.45, 2.75) is 19.0 Å². The zero-order valence-corrected chi connectivity index (χ0v) is 12.5. The van der Waals surface area contributed by atoms with E-state index in [1.165, 1.54) is 0 Å². The molecular weight excluding hydrogens is 278 g/mol. The highest BCUT2D eigenvalue weighted by Crippen LogP contribution is 2.15. The maximum atomic E-state index is 12.2. The fourth-order valence-corrected chi connectivity index (χ4v) is 2.78. The minimum Gasteiger partial charge on any atom is -0.347 e. The van der Waals surface area contributed by atoms with Crippen LogP contribution in [-0.2, 0) is 18.4 Å². The van der Waals surface area contributed by atoms with Crippen molar-refractivity contribution in [3.8, 4) is 0 Å². The van der Waals surface area contributed by atoms with E-state index in [1.807, 2.05) is 49.6 Å². The molecule has 1 atom stereocenters. The third-order valence-corrected chi connectivity index (χ3v) is 3.94. The Labute approximate surface area is 129 Å². The number of nitrogens with zero attached hydrogens (tertiary/aromatic N) is 2. The lowest BCUT2D eigenvalue weighted by molar-refractivity contribution is -0.128. The fraction of sp³-hybridized carbons (Fsp3) is 0.294. The number of benzene rings is 1. The molecule has 0 bridgehead atoms. The van der Waals surface area contributed by atoms with Gasteiger partial charge in [0.05, 0.1) is 6.04 Å². The SMILES string of the molecule is Cn1cccc1C(=O)NC1CC(=O)N(Cc2ccccc2)C1. The molecular formula is C17H19N3O2. The fourth-order valence-electron chi connectivity index (χ4n) is 2.78. The molecule has 5 heteroatoms. The van der Waals surface area contributed by atoms with E-state index in [4.69, 9.17) is 0 Å². The van der Waals surface area contributed by atoms with Crippen molar-refractivity contribution in [1.82, 2.24) is 14.8 Å². The Kier molecular flexibility index (Phi) is 3.96. The zero-order valence-electron chi connectivity index (χ0n) is 12.5. The molecule has 0 radical (unpaired) electrons. The minimum atomic E-state index is -0.133. The molecule has 5 nitrogen and oxygen atoms in total. The maximum absolute atomic E-state index is 12.2. The smallest absolute Gasteiger partial charge is 0.268 e. The Morgan fingerprint density at radius 3 is 2.68 bits per heavy atom. The summed E-state index contributed by atoms with van der Waals surface area (Å²) >= 11 is 0. The standard InChI is InChI=1S/C17H19N3O2/c1-19-9-5-8-15(19)17(22)18-14-10-16(21)20(12-14)11-13-6-3-2-4-7-13/h2-9,14H,10-12H2,1H3,(H,18,22). The molecule has 2 aromatic rings. The van der Waals surface area contributed by atoms with Crippen LogP contribution in [0.3, 0.4) is 0 Å². The van der Waals surface area contributed by atoms with E-state index in [-0.39, 0.29) is 17.9 Å². The lowest BCUT2D eigenvalue weighted by atomic mass is 10.2. The molecule has 1 saturated heterocycles. The van der Waals surface area contributed by atoms with Crippen LogP contribution in [0.4, 0.5) is 0 Å². The summed E-state index contributed by atoms with van der Waals surface area (Å²) in [6.07, 6.45) is 2.19. The van der Waals surface area contributed by atoms with Gasteiger partial charge in [-0.25, -0.2) is 0 Å². The van der Waals surface area contributed by atoms with Crippen LogP contribution in [-0.4, -0.2) is 33.9 Å². The van der Waals surface area contributed by atoms with Crippen molar-refractivity contribution in [3.63, 3.8) is 0 Å². The van der Waals surface area contributed by atoms with Crippen molar-refractivity contribution in [2.24, 2.45) is 7.05 Å². The highest BCUT2D eigenvalue weighted by molar-refractivity contribution is 5.93. The molecule has 0 saturated carbocycles. The number of aromatic nitrogens is 1. The van der Waals surface area contributed by atoms with Crippen molar-refractivity contribution >= 4 is 11.8 Å². The predicted molar refractivity (Wildman–Crippen MR) is 83.1 cm³/mol. The van der Waals surface area contributed by atoms with Crippen LogP contribution in [0.15, 0.2) is 48.7 Å². The van der Waals surface area contributed by atoms with Gasteiger partial charge >= 0.3 is 0 Å². The van der Waals surface area contributed by atoms with Gasteiger partial charge in [-0.3, -0.25) is 9.59 Å². The summed E-state index contributed by atoms with van der Waals surface area (Å²) in [4.78, 5) is 26.1. The highest BCUT2D eigenvalue weighted by Gasteiger charge is 2.30. The van der Waals surface area contributed by atoms with E-state index in [9.17, 15) is 9.59 Å². The van der Waals surface area contributed by atoms with E-state index in [0.29, 0.717) is 25.2 Å². The molecule has 1 fully saturated rings. The first-order chi connectivity index (χ1) is 10.6. The Morgan fingerprint density at radius 2 is 2.00 bits per heavy atom. The summed E-state index contributed by atoms with van der Waals surface area (Å²) < 4.78 is 1.77. The molecule has 2 amide bonds. The monoisotopic (exact) mass is 297 g/mol. The second-order valence-corrected chi connectivity index (χ2v) is 5.64. The number of hydrogen-bond acceptors (Lipinski definition) is 2. The quantitative estimate of drug-likeness (QED) is 0.931. The van der Waals surface area contributed by atoms with Crippen LogP contribution in [0.1, 0.15) is 22.5 Å². The van der Waals surface area contributed by atoms with Gasteiger partial charge in [0, 0.05) is 32.8 Å². The van der Waals surface area contributed by atoms with Gasteiger partial charge in [-0.05, 0) is 17.7 Å². The zero-order chi connectivity index (χ0) is 15.5. The van der Waals surface area contributed by atoms with Crippen molar-refractivity contribution in [2.75, 3.05) is 6.54 Å². The third kappa shape index (κ3) is 3.03. The van der Waals surface area contributed by atoms with Gasteiger partial charge in [0.2, 0.25) is 5.91 Å². The third-order valence-electron chi connectivity index (χ3n) is 3.94. The number of nitrogens with one attached hydrogen (secondary N) is 1. The molecule has 3 rings (SSSR count). The lowest BCUT2D eigenvalue weighted by Crippen LogP contribution is -2.37. The molecule has 1 N–H and O–H groups in total. The summed E-state index contributed by atoms with van der Waals surface area (Å²) in [5.41, 5.74) is 1.71. The molecule has 0 aliphatic carbocycles. The van der Waals surface area contributed by atoms with E-state index in [1.54, 1.807) is 15.5 Å². The second kappa shape index (κ2) is 6.05. The highest BCUT2D eigenvalue weighted by atomic mass is 16.2. The first-order valence-electron chi connectivity index (χ1n) is 7.37. The van der Waals surface area contributed by atoms with Crippen LogP contribution in [0, 0.1) is 0 Å². The Morgan fingerprint density at radius 1 is 1.23 bits per heavy atom. The molecule has 1 aromatic heterocycles. The molecule has 1 aliphatic rings. The second-order valence-electron chi connectivity index (χ2n) is 5.64. The molecule has 114 valence electrons. The molecule has 1 aromatic carbocycles. The molecule has 2 heterocycles. The van der Waals surface area contributed by atoms with Crippen LogP contribution >= 0.6 is 0 Å². The van der Waals surface area contributed by atoms with Gasteiger partial charge in [-0.2, -0.15) is 0 Å². The number of likely N-dealkylation sites (tertiary alicyclic amines) is 1. The first-order valence-corrected chi connectivity index (χ1v) is 7.37. The maximum Gasteiger partial charge on any atom is 0.268 e. The van der Waals surface area contributed by atoms with Crippen molar-refractivity contribution in [3.05, 3.63) is 59.9 Å². The molecule has 0 spiro atoms. The van der Waals surface area contributed by atoms with E-state index in [0.717, 1.165) is 5.56 Å². The van der Waals surface area contributed by atoms with Gasteiger partial charge < -0.3 is 14.8 Å². The van der Waals surface area contributed by atoms with Gasteiger partial charge in [0.15, 0.2) is 0 Å². The number of carbonyl (C=O) groups excluding carboxylic acids is 2. The summed E-state index contributed by atoms with van der Waals surface area (Å²) in [6.45, 7) is 1.15. The van der Waals surface area contributed by atoms with Crippen molar-refractivity contribution < 1.29 is 9.59 Å². The van der Waals surface area contributed by atoms with Crippen LogP contribution in [0.25, 0.3) is 0 Å². The Bertz CT molecular complexity index is 678. The van der Waals surface area contributed by atoms with Gasteiger partial charge in [0.25, 0.3) is 5.91 Å². The number of rotatable bonds is 4. The molecule has 1 unspecified atom stereocenters. The summed E-state index contributed by atoms with van der Waals surface area (Å²) in [7, 11) is 1.83. The van der Waals surface area contributed by atoms with E-state index >= 15 is 0 Å². The number of amides is 2. The summed E-state index contributed by atoms with van der Waals surface area (Å²) in [6, 6.07) is 13.4. The number of aryl methyl sites for hydroxylation is 1.